The summed E-state index contributed by atoms with van der Waals surface area (Å²) in [6, 6.07) is 6.20. The van der Waals surface area contributed by atoms with Crippen LogP contribution in [0.5, 0.6) is 0 Å². The van der Waals surface area contributed by atoms with Crippen molar-refractivity contribution in [3.63, 3.8) is 0 Å². The average molecular weight is 385 g/mol. The Bertz CT molecular complexity index is 783. The lowest BCUT2D eigenvalue weighted by Gasteiger charge is -2.15. The predicted molar refractivity (Wildman–Crippen MR) is 83.0 cm³/mol. The van der Waals surface area contributed by atoms with E-state index in [0.29, 0.717) is 10.5 Å². The maximum Gasteiger partial charge on any atom is 0.283 e. The van der Waals surface area contributed by atoms with Gasteiger partial charge in [0.15, 0.2) is 0 Å². The highest BCUT2D eigenvalue weighted by Crippen LogP contribution is 2.25. The maximum atomic E-state index is 13.7. The zero-order chi connectivity index (χ0) is 17.1. The number of nitro groups is 1. The van der Waals surface area contributed by atoms with E-state index < -0.39 is 28.5 Å². The van der Waals surface area contributed by atoms with Crippen molar-refractivity contribution >= 4 is 27.5 Å². The molecule has 0 aromatic heterocycles. The van der Waals surface area contributed by atoms with E-state index in [4.69, 9.17) is 0 Å². The summed E-state index contributed by atoms with van der Waals surface area (Å²) in [4.78, 5) is 22.6. The number of halogens is 3. The smallest absolute Gasteiger partial charge is 0.283 e. The van der Waals surface area contributed by atoms with Crippen molar-refractivity contribution in [2.75, 3.05) is 0 Å². The van der Waals surface area contributed by atoms with Gasteiger partial charge in [0.05, 0.1) is 11.0 Å². The summed E-state index contributed by atoms with van der Waals surface area (Å²) < 4.78 is 27.1. The maximum absolute atomic E-state index is 13.7. The molecule has 2 aromatic carbocycles. The van der Waals surface area contributed by atoms with Crippen molar-refractivity contribution in [2.45, 2.75) is 13.0 Å². The van der Waals surface area contributed by atoms with E-state index in [1.165, 1.54) is 31.2 Å². The molecule has 2 aromatic rings. The van der Waals surface area contributed by atoms with Gasteiger partial charge < -0.3 is 5.32 Å². The molecule has 8 heteroatoms. The molecule has 120 valence electrons. The molecular weight excluding hydrogens is 374 g/mol. The van der Waals surface area contributed by atoms with E-state index in [1.807, 2.05) is 0 Å². The first-order valence-corrected chi connectivity index (χ1v) is 7.28. The molecule has 1 atom stereocenters. The number of benzene rings is 2. The van der Waals surface area contributed by atoms with Crippen LogP contribution in [0.4, 0.5) is 14.5 Å². The number of nitrogens with one attached hydrogen (secondary N) is 1. The normalized spacial score (nSPS) is 11.8. The van der Waals surface area contributed by atoms with E-state index in [9.17, 15) is 23.7 Å². The lowest BCUT2D eigenvalue weighted by atomic mass is 10.1. The number of rotatable bonds is 4. The van der Waals surface area contributed by atoms with Crippen LogP contribution in [-0.4, -0.2) is 10.8 Å². The third-order valence-corrected chi connectivity index (χ3v) is 3.67. The van der Waals surface area contributed by atoms with Crippen LogP contribution in [0.2, 0.25) is 0 Å². The molecule has 0 fully saturated rings. The van der Waals surface area contributed by atoms with Gasteiger partial charge in [-0.05, 0) is 25.1 Å². The highest BCUT2D eigenvalue weighted by Gasteiger charge is 2.22. The fourth-order valence-corrected chi connectivity index (χ4v) is 2.40. The minimum absolute atomic E-state index is 0.0829. The average Bonchev–Trinajstić information content (AvgIpc) is 2.46. The van der Waals surface area contributed by atoms with Crippen LogP contribution in [0.15, 0.2) is 40.9 Å². The van der Waals surface area contributed by atoms with E-state index in [2.05, 4.69) is 21.2 Å². The molecule has 0 aliphatic heterocycles. The molecule has 0 bridgehead atoms. The molecule has 5 nitrogen and oxygen atoms in total. The minimum Gasteiger partial charge on any atom is -0.345 e. The Morgan fingerprint density at radius 3 is 2.57 bits per heavy atom. The lowest BCUT2D eigenvalue weighted by Crippen LogP contribution is -2.27. The molecule has 0 spiro atoms. The number of hydrogen-bond acceptors (Lipinski definition) is 3. The van der Waals surface area contributed by atoms with Crippen molar-refractivity contribution in [2.24, 2.45) is 0 Å². The summed E-state index contributed by atoms with van der Waals surface area (Å²) >= 11 is 3.10. The number of nitro benzene ring substituents is 1. The van der Waals surface area contributed by atoms with Crippen molar-refractivity contribution < 1.29 is 18.5 Å². The Morgan fingerprint density at radius 2 is 1.96 bits per heavy atom. The van der Waals surface area contributed by atoms with Crippen LogP contribution < -0.4 is 5.32 Å². The van der Waals surface area contributed by atoms with Crippen LogP contribution in [-0.2, 0) is 0 Å². The number of hydrogen-bond donors (Lipinski definition) is 1. The summed E-state index contributed by atoms with van der Waals surface area (Å²) in [5.74, 6) is -2.25. The summed E-state index contributed by atoms with van der Waals surface area (Å²) in [5.41, 5.74) is -0.435. The number of nitrogens with zero attached hydrogens (tertiary/aromatic N) is 1. The lowest BCUT2D eigenvalue weighted by molar-refractivity contribution is -0.385. The molecule has 0 saturated heterocycles. The van der Waals surface area contributed by atoms with Crippen molar-refractivity contribution in [1.82, 2.24) is 5.32 Å². The van der Waals surface area contributed by atoms with E-state index in [-0.39, 0.29) is 16.8 Å². The first-order chi connectivity index (χ1) is 10.8. The Labute approximate surface area is 138 Å². The van der Waals surface area contributed by atoms with Gasteiger partial charge in [-0.3, -0.25) is 14.9 Å². The zero-order valence-electron chi connectivity index (χ0n) is 11.8. The Balaban J connectivity index is 2.27. The first-order valence-electron chi connectivity index (χ1n) is 6.49. The second-order valence-corrected chi connectivity index (χ2v) is 5.70. The van der Waals surface area contributed by atoms with Gasteiger partial charge >= 0.3 is 0 Å². The van der Waals surface area contributed by atoms with Crippen LogP contribution in [0.3, 0.4) is 0 Å². The van der Waals surface area contributed by atoms with Crippen molar-refractivity contribution in [3.8, 4) is 0 Å². The number of amides is 1. The molecule has 0 radical (unpaired) electrons. The Morgan fingerprint density at radius 1 is 1.26 bits per heavy atom. The number of carbonyl (C=O) groups excluding carboxylic acids is 1. The van der Waals surface area contributed by atoms with Gasteiger partial charge in [-0.25, -0.2) is 8.78 Å². The third kappa shape index (κ3) is 3.89. The molecule has 1 amide bonds. The van der Waals surface area contributed by atoms with Crippen LogP contribution in [0, 0.1) is 21.7 Å². The first kappa shape index (κ1) is 17.0. The quantitative estimate of drug-likeness (QED) is 0.636. The van der Waals surface area contributed by atoms with Crippen molar-refractivity contribution in [1.29, 1.82) is 0 Å². The molecule has 0 aliphatic rings. The van der Waals surface area contributed by atoms with E-state index in [0.717, 1.165) is 6.07 Å². The summed E-state index contributed by atoms with van der Waals surface area (Å²) in [5, 5.41) is 13.5. The van der Waals surface area contributed by atoms with Crippen LogP contribution in [0.1, 0.15) is 28.9 Å². The van der Waals surface area contributed by atoms with Gasteiger partial charge in [0.25, 0.3) is 11.6 Å². The molecule has 0 aliphatic carbocycles. The summed E-state index contributed by atoms with van der Waals surface area (Å²) in [6.07, 6.45) is 0. The predicted octanol–water partition coefficient (Wildman–Crippen LogP) is 4.13. The highest BCUT2D eigenvalue weighted by molar-refractivity contribution is 9.10. The van der Waals surface area contributed by atoms with Crippen LogP contribution in [0.25, 0.3) is 0 Å². The molecule has 0 heterocycles. The van der Waals surface area contributed by atoms with Gasteiger partial charge in [-0.2, -0.15) is 0 Å². The second kappa shape index (κ2) is 6.82. The van der Waals surface area contributed by atoms with Crippen molar-refractivity contribution in [3.05, 3.63) is 73.7 Å². The molecular formula is C15H11BrF2N2O3. The fourth-order valence-electron chi connectivity index (χ4n) is 2.05. The van der Waals surface area contributed by atoms with Gasteiger partial charge in [-0.1, -0.05) is 22.0 Å². The standard InChI is InChI=1S/C15H11BrF2N2O3/c1-8(11-5-3-10(17)7-13(11)18)19-15(21)12-4-2-9(16)6-14(12)20(22)23/h2-8H,1H3,(H,19,21)/t8-/m1/s1. The summed E-state index contributed by atoms with van der Waals surface area (Å²) in [7, 11) is 0. The van der Waals surface area contributed by atoms with E-state index >= 15 is 0 Å². The Hall–Kier alpha value is -2.35. The monoisotopic (exact) mass is 384 g/mol. The molecule has 1 N–H and O–H groups in total. The molecule has 2 rings (SSSR count). The van der Waals surface area contributed by atoms with Gasteiger partial charge in [-0.15, -0.1) is 0 Å². The van der Waals surface area contributed by atoms with Crippen LogP contribution >= 0.6 is 15.9 Å². The minimum atomic E-state index is -0.803. The fraction of sp³-hybridized carbons (Fsp3) is 0.133. The second-order valence-electron chi connectivity index (χ2n) is 4.78. The van der Waals surface area contributed by atoms with E-state index in [1.54, 1.807) is 0 Å². The van der Waals surface area contributed by atoms with Gasteiger partial charge in [0, 0.05) is 22.2 Å². The zero-order valence-corrected chi connectivity index (χ0v) is 13.4. The molecule has 23 heavy (non-hydrogen) atoms. The third-order valence-electron chi connectivity index (χ3n) is 3.18. The SMILES string of the molecule is C[C@@H](NC(=O)c1ccc(Br)cc1[N+](=O)[O-])c1ccc(F)cc1F. The largest absolute Gasteiger partial charge is 0.345 e. The topological polar surface area (TPSA) is 72.2 Å². The molecule has 0 saturated carbocycles. The molecule has 0 unspecified atom stereocenters. The highest BCUT2D eigenvalue weighted by atomic mass is 79.9. The van der Waals surface area contributed by atoms with Gasteiger partial charge in [0.2, 0.25) is 0 Å². The van der Waals surface area contributed by atoms with Gasteiger partial charge in [0.1, 0.15) is 17.2 Å². The summed E-state index contributed by atoms with van der Waals surface area (Å²) in [6.45, 7) is 1.50. The Kier molecular flexibility index (Phi) is 5.05. The number of carbonyl (C=O) groups is 1.